The number of phosphoric acid groups is 1. The maximum absolute atomic E-state index is 12.3. The van der Waals surface area contributed by atoms with Crippen LogP contribution >= 0.6 is 7.82 Å². The van der Waals surface area contributed by atoms with Crippen LogP contribution in [0.4, 0.5) is 0 Å². The minimum Gasteiger partial charge on any atom is -0.480 e. The third kappa shape index (κ3) is 40.0. The third-order valence-electron chi connectivity index (χ3n) is 9.28. The summed E-state index contributed by atoms with van der Waals surface area (Å²) in [6.07, 6.45) is 46.7. The highest BCUT2D eigenvalue weighted by atomic mass is 31.2. The van der Waals surface area contributed by atoms with Crippen LogP contribution in [0.3, 0.4) is 0 Å². The molecule has 0 saturated heterocycles. The van der Waals surface area contributed by atoms with Gasteiger partial charge in [-0.3, -0.25) is 18.6 Å². The molecule has 58 heavy (non-hydrogen) atoms. The van der Waals surface area contributed by atoms with Gasteiger partial charge >= 0.3 is 19.8 Å². The van der Waals surface area contributed by atoms with E-state index < -0.39 is 57.6 Å². The molecule has 0 rings (SSSR count). The largest absolute Gasteiger partial charge is 0.480 e. The summed E-state index contributed by atoms with van der Waals surface area (Å²) < 4.78 is 26.8. The normalized spacial score (nSPS) is 14.3. The predicted octanol–water partition coefficient (Wildman–Crippen LogP) is 11.6. The molecule has 11 nitrogen and oxygen atoms in total. The predicted molar refractivity (Wildman–Crippen MR) is 235 cm³/mol. The highest BCUT2D eigenvalue weighted by Crippen LogP contribution is 2.43. The van der Waals surface area contributed by atoms with Crippen molar-refractivity contribution in [2.45, 2.75) is 193 Å². The molecule has 0 aromatic rings. The molecular weight excluding hydrogens is 757 g/mol. The number of esters is 1. The van der Waals surface area contributed by atoms with Gasteiger partial charge in [-0.25, -0.2) is 9.36 Å². The summed E-state index contributed by atoms with van der Waals surface area (Å²) in [6.45, 7) is 2.52. The average molecular weight is 838 g/mol. The topological polar surface area (TPSA) is 169 Å². The second kappa shape index (κ2) is 40.9. The average Bonchev–Trinajstić information content (AvgIpc) is 3.20. The van der Waals surface area contributed by atoms with Crippen molar-refractivity contribution in [2.24, 2.45) is 0 Å². The maximum Gasteiger partial charge on any atom is 0.472 e. The molecule has 0 spiro atoms. The van der Waals surface area contributed by atoms with Crippen molar-refractivity contribution < 1.29 is 47.8 Å². The molecule has 0 fully saturated rings. The van der Waals surface area contributed by atoms with Crippen molar-refractivity contribution >= 4 is 25.7 Å². The first-order chi connectivity index (χ1) is 28.1. The number of rotatable bonds is 41. The van der Waals surface area contributed by atoms with Gasteiger partial charge in [0.25, 0.3) is 0 Å². The summed E-state index contributed by atoms with van der Waals surface area (Å²) in [5.74, 6) is -2.43. The maximum atomic E-state index is 12.3. The van der Waals surface area contributed by atoms with Gasteiger partial charge in [-0.15, -0.1) is 0 Å². The van der Waals surface area contributed by atoms with E-state index in [1.165, 1.54) is 64.2 Å². The Morgan fingerprint density at radius 2 is 0.948 bits per heavy atom. The first-order valence-corrected chi connectivity index (χ1v) is 23.8. The standard InChI is InChI=1S/C46H80NO10P/c1-3-5-7-9-11-13-15-17-19-20-21-22-24-25-27-29-31-33-35-37-44(49)47-43(46(51)52)41-57-58(53,54)56-40-42(48)39-55-45(50)38-36-34-32-30-28-26-23-18-16-14-12-10-8-6-4-2/h11,13,17-19,21-23,25,27,42-43,48H,3-10,12,14-16,20,24,26,28-41H2,1-2H3,(H,47,49)(H,51,52)(H,53,54)/b13-11-,19-17-,22-21-,23-18-,27-25-. The third-order valence-corrected chi connectivity index (χ3v) is 10.2. The highest BCUT2D eigenvalue weighted by Gasteiger charge is 2.28. The van der Waals surface area contributed by atoms with E-state index in [4.69, 9.17) is 13.8 Å². The van der Waals surface area contributed by atoms with Gasteiger partial charge in [-0.05, 0) is 83.5 Å². The molecule has 4 N–H and O–H groups in total. The Labute approximate surface area is 351 Å². The van der Waals surface area contributed by atoms with E-state index in [-0.39, 0.29) is 12.8 Å². The molecule has 0 saturated carbocycles. The Morgan fingerprint density at radius 3 is 1.48 bits per heavy atom. The quantitative estimate of drug-likeness (QED) is 0.0201. The molecule has 0 radical (unpaired) electrons. The molecule has 1 amide bonds. The summed E-state index contributed by atoms with van der Waals surface area (Å²) in [6, 6.07) is -1.57. The fraction of sp³-hybridized carbons (Fsp3) is 0.717. The number of allylic oxidation sites excluding steroid dienone is 10. The zero-order valence-electron chi connectivity index (χ0n) is 36.1. The molecule has 12 heteroatoms. The molecule has 3 atom stereocenters. The minimum absolute atomic E-state index is 0.105. The summed E-state index contributed by atoms with van der Waals surface area (Å²) in [4.78, 5) is 45.9. The number of aliphatic hydroxyl groups excluding tert-OH is 1. The molecule has 0 heterocycles. The molecule has 0 aromatic heterocycles. The van der Waals surface area contributed by atoms with Crippen LogP contribution in [-0.4, -0.2) is 64.9 Å². The lowest BCUT2D eigenvalue weighted by molar-refractivity contribution is -0.147. The van der Waals surface area contributed by atoms with Gasteiger partial charge in [-0.1, -0.05) is 145 Å². The number of unbranched alkanes of at least 4 members (excludes halogenated alkanes) is 17. The number of aliphatic carboxylic acids is 1. The van der Waals surface area contributed by atoms with E-state index in [1.807, 2.05) is 0 Å². The minimum atomic E-state index is -4.77. The van der Waals surface area contributed by atoms with E-state index >= 15 is 0 Å². The van der Waals surface area contributed by atoms with E-state index in [2.05, 4.69) is 79.9 Å². The molecule has 0 bridgehead atoms. The van der Waals surface area contributed by atoms with Crippen LogP contribution in [0.25, 0.3) is 0 Å². The van der Waals surface area contributed by atoms with Crippen LogP contribution in [0.15, 0.2) is 60.8 Å². The van der Waals surface area contributed by atoms with Crippen LogP contribution in [0.5, 0.6) is 0 Å². The van der Waals surface area contributed by atoms with Crippen LogP contribution in [0.1, 0.15) is 181 Å². The molecule has 0 aliphatic heterocycles. The fourth-order valence-electron chi connectivity index (χ4n) is 5.76. The lowest BCUT2D eigenvalue weighted by Crippen LogP contribution is -2.43. The lowest BCUT2D eigenvalue weighted by Gasteiger charge is -2.18. The highest BCUT2D eigenvalue weighted by molar-refractivity contribution is 7.47. The number of phosphoric ester groups is 1. The van der Waals surface area contributed by atoms with Gasteiger partial charge in [-0.2, -0.15) is 0 Å². The van der Waals surface area contributed by atoms with Gasteiger partial charge < -0.3 is 25.2 Å². The van der Waals surface area contributed by atoms with Gasteiger partial charge in [0, 0.05) is 12.8 Å². The van der Waals surface area contributed by atoms with E-state index in [1.54, 1.807) is 0 Å². The molecule has 0 aromatic carbocycles. The van der Waals surface area contributed by atoms with Crippen molar-refractivity contribution in [3.63, 3.8) is 0 Å². The number of aliphatic hydroxyl groups is 1. The van der Waals surface area contributed by atoms with Crippen LogP contribution in [-0.2, 0) is 32.7 Å². The number of carboxylic acids is 1. The van der Waals surface area contributed by atoms with Crippen molar-refractivity contribution in [1.82, 2.24) is 5.32 Å². The number of nitrogens with one attached hydrogen (secondary N) is 1. The van der Waals surface area contributed by atoms with Crippen LogP contribution in [0, 0.1) is 0 Å². The molecule has 334 valence electrons. The second-order valence-corrected chi connectivity index (χ2v) is 16.3. The summed E-state index contributed by atoms with van der Waals surface area (Å²) >= 11 is 0. The molecule has 0 aliphatic rings. The van der Waals surface area contributed by atoms with Crippen LogP contribution in [0.2, 0.25) is 0 Å². The van der Waals surface area contributed by atoms with Crippen molar-refractivity contribution in [2.75, 3.05) is 19.8 Å². The Morgan fingerprint density at radius 1 is 0.552 bits per heavy atom. The van der Waals surface area contributed by atoms with E-state index in [0.717, 1.165) is 77.0 Å². The summed E-state index contributed by atoms with van der Waals surface area (Å²) in [5.41, 5.74) is 0. The number of ether oxygens (including phenoxy) is 1. The van der Waals surface area contributed by atoms with Gasteiger partial charge in [0.2, 0.25) is 5.91 Å². The smallest absolute Gasteiger partial charge is 0.472 e. The van der Waals surface area contributed by atoms with Gasteiger partial charge in [0.1, 0.15) is 12.7 Å². The van der Waals surface area contributed by atoms with Crippen LogP contribution < -0.4 is 5.32 Å². The Bertz CT molecular complexity index is 1210. The van der Waals surface area contributed by atoms with E-state index in [0.29, 0.717) is 12.8 Å². The van der Waals surface area contributed by atoms with Crippen molar-refractivity contribution in [3.05, 3.63) is 60.8 Å². The summed E-state index contributed by atoms with van der Waals surface area (Å²) in [5, 5.41) is 21.8. The number of carboxylic acid groups (broad SMARTS) is 1. The lowest BCUT2D eigenvalue weighted by atomic mass is 10.1. The number of hydrogen-bond acceptors (Lipinski definition) is 8. The van der Waals surface area contributed by atoms with Gasteiger partial charge in [0.05, 0.1) is 13.2 Å². The molecular formula is C46H80NO10P. The zero-order chi connectivity index (χ0) is 42.8. The molecule has 3 unspecified atom stereocenters. The Kier molecular flexibility index (Phi) is 38.9. The number of hydrogen-bond donors (Lipinski definition) is 4. The number of amides is 1. The number of carbonyl (C=O) groups is 3. The zero-order valence-corrected chi connectivity index (χ0v) is 37.0. The molecule has 0 aliphatic carbocycles. The van der Waals surface area contributed by atoms with Crippen molar-refractivity contribution in [1.29, 1.82) is 0 Å². The first-order valence-electron chi connectivity index (χ1n) is 22.3. The first kappa shape index (κ1) is 55.2. The Balaban J connectivity index is 3.98. The monoisotopic (exact) mass is 838 g/mol. The fourth-order valence-corrected chi connectivity index (χ4v) is 6.53. The number of carbonyl (C=O) groups excluding carboxylic acids is 2. The van der Waals surface area contributed by atoms with E-state index in [9.17, 15) is 34.1 Å². The Hall–Kier alpha value is -2.82. The summed E-state index contributed by atoms with van der Waals surface area (Å²) in [7, 11) is -4.77. The van der Waals surface area contributed by atoms with Crippen molar-refractivity contribution in [3.8, 4) is 0 Å². The second-order valence-electron chi connectivity index (χ2n) is 14.9. The van der Waals surface area contributed by atoms with Gasteiger partial charge in [0.15, 0.2) is 6.04 Å². The SMILES string of the molecule is CCCCC/C=C\C/C=C\C/C=C\C/C=C\CCCCCC(=O)NC(COP(=O)(O)OCC(O)COC(=O)CCCCCCC/C=C\CCCCCCCC)C(=O)O.